The molecule has 1 aliphatic heterocycles. The maximum Gasteiger partial charge on any atom is 0.252 e. The standard InChI is InChI=1S/C22H22ClN3OS2/c1-26-12-11-24-20(26)19(15-7-9-18(23)10-8-15)25-21(27)16-3-5-17(6-4-16)22-28-13-2-14-29-22/h3-12,19,22H,2,13-14H2,1H3,(H,25,27)/t19-/m0/s1. The van der Waals surface area contributed by atoms with Crippen molar-refractivity contribution >= 4 is 41.0 Å². The average Bonchev–Trinajstić information content (AvgIpc) is 3.19. The molecule has 0 spiro atoms. The van der Waals surface area contributed by atoms with Crippen molar-refractivity contribution in [3.63, 3.8) is 0 Å². The van der Waals surface area contributed by atoms with Crippen LogP contribution in [0.25, 0.3) is 0 Å². The summed E-state index contributed by atoms with van der Waals surface area (Å²) in [7, 11) is 1.92. The first-order valence-corrected chi connectivity index (χ1v) is 12.0. The van der Waals surface area contributed by atoms with E-state index in [9.17, 15) is 4.79 Å². The third kappa shape index (κ3) is 4.82. The van der Waals surface area contributed by atoms with Crippen LogP contribution in [-0.2, 0) is 7.05 Å². The van der Waals surface area contributed by atoms with Gasteiger partial charge in [0.25, 0.3) is 5.91 Å². The third-order valence-corrected chi connectivity index (χ3v) is 8.13. The Morgan fingerprint density at radius 2 is 1.83 bits per heavy atom. The number of nitrogens with one attached hydrogen (secondary N) is 1. The van der Waals surface area contributed by atoms with E-state index < -0.39 is 0 Å². The highest BCUT2D eigenvalue weighted by Gasteiger charge is 2.22. The molecule has 0 saturated carbocycles. The molecule has 2 heterocycles. The van der Waals surface area contributed by atoms with Crippen LogP contribution in [0.4, 0.5) is 0 Å². The minimum atomic E-state index is -0.358. The van der Waals surface area contributed by atoms with Crippen LogP contribution in [-0.4, -0.2) is 27.0 Å². The lowest BCUT2D eigenvalue weighted by Crippen LogP contribution is -2.31. The predicted octanol–water partition coefficient (Wildman–Crippen LogP) is 5.46. The number of aromatic nitrogens is 2. The molecule has 3 aromatic rings. The van der Waals surface area contributed by atoms with E-state index in [-0.39, 0.29) is 11.9 Å². The molecule has 1 saturated heterocycles. The summed E-state index contributed by atoms with van der Waals surface area (Å²) < 4.78 is 2.38. The normalized spacial score (nSPS) is 15.8. The van der Waals surface area contributed by atoms with Crippen molar-refractivity contribution in [3.8, 4) is 0 Å². The smallest absolute Gasteiger partial charge is 0.252 e. The molecule has 1 aromatic heterocycles. The van der Waals surface area contributed by atoms with Crippen LogP contribution in [0.15, 0.2) is 60.9 Å². The molecule has 1 fully saturated rings. The third-order valence-electron chi connectivity index (χ3n) is 4.87. The Morgan fingerprint density at radius 1 is 1.14 bits per heavy atom. The van der Waals surface area contributed by atoms with Crippen molar-refractivity contribution in [3.05, 3.63) is 88.5 Å². The lowest BCUT2D eigenvalue weighted by atomic mass is 10.0. The van der Waals surface area contributed by atoms with Gasteiger partial charge in [0.1, 0.15) is 11.9 Å². The van der Waals surface area contributed by atoms with E-state index in [1.54, 1.807) is 6.20 Å². The molecule has 0 bridgehead atoms. The van der Waals surface area contributed by atoms with Gasteiger partial charge >= 0.3 is 0 Å². The molecule has 0 unspecified atom stereocenters. The second-order valence-electron chi connectivity index (χ2n) is 6.90. The van der Waals surface area contributed by atoms with Crippen LogP contribution in [0.3, 0.4) is 0 Å². The Morgan fingerprint density at radius 3 is 2.45 bits per heavy atom. The maximum atomic E-state index is 13.0. The SMILES string of the molecule is Cn1ccnc1[C@@H](NC(=O)c1ccc(C2SCCCS2)cc1)c1ccc(Cl)cc1. The zero-order chi connectivity index (χ0) is 20.2. The summed E-state index contributed by atoms with van der Waals surface area (Å²) in [5.41, 5.74) is 2.85. The first kappa shape index (κ1) is 20.4. The van der Waals surface area contributed by atoms with E-state index in [0.29, 0.717) is 15.2 Å². The van der Waals surface area contributed by atoms with Gasteiger partial charge in [0.05, 0.1) is 4.58 Å². The minimum Gasteiger partial charge on any atom is -0.338 e. The van der Waals surface area contributed by atoms with Crippen LogP contribution < -0.4 is 5.32 Å². The van der Waals surface area contributed by atoms with E-state index >= 15 is 0 Å². The Bertz CT molecular complexity index is 966. The summed E-state index contributed by atoms with van der Waals surface area (Å²) >= 11 is 10.0. The van der Waals surface area contributed by atoms with Gasteiger partial charge in [0.15, 0.2) is 0 Å². The van der Waals surface area contributed by atoms with Gasteiger partial charge in [-0.25, -0.2) is 4.98 Å². The van der Waals surface area contributed by atoms with Crippen molar-refractivity contribution in [1.29, 1.82) is 0 Å². The van der Waals surface area contributed by atoms with Gasteiger partial charge in [-0.05, 0) is 53.3 Å². The van der Waals surface area contributed by atoms with E-state index in [0.717, 1.165) is 11.4 Å². The summed E-state index contributed by atoms with van der Waals surface area (Å²) in [5.74, 6) is 3.05. The number of nitrogens with zero attached hydrogens (tertiary/aromatic N) is 2. The number of hydrogen-bond acceptors (Lipinski definition) is 4. The van der Waals surface area contributed by atoms with Crippen molar-refractivity contribution in [2.75, 3.05) is 11.5 Å². The number of benzene rings is 2. The lowest BCUT2D eigenvalue weighted by molar-refractivity contribution is 0.0941. The molecule has 1 amide bonds. The molecule has 1 atom stereocenters. The number of hydrogen-bond donors (Lipinski definition) is 1. The van der Waals surface area contributed by atoms with Gasteiger partial charge in [-0.3, -0.25) is 4.79 Å². The molecule has 0 radical (unpaired) electrons. The van der Waals surface area contributed by atoms with Crippen molar-refractivity contribution in [2.45, 2.75) is 17.0 Å². The van der Waals surface area contributed by atoms with Crippen LogP contribution in [0.5, 0.6) is 0 Å². The number of thioether (sulfide) groups is 2. The van der Waals surface area contributed by atoms with Gasteiger partial charge in [0, 0.05) is 30.0 Å². The number of amides is 1. The van der Waals surface area contributed by atoms with Gasteiger partial charge in [-0.1, -0.05) is 35.9 Å². The molecule has 1 aliphatic rings. The van der Waals surface area contributed by atoms with Crippen molar-refractivity contribution in [1.82, 2.24) is 14.9 Å². The Kier molecular flexibility index (Phi) is 6.53. The number of imidazole rings is 1. The van der Waals surface area contributed by atoms with Crippen LogP contribution in [0.1, 0.15) is 44.4 Å². The van der Waals surface area contributed by atoms with E-state index in [1.807, 2.05) is 77.7 Å². The first-order valence-electron chi connectivity index (χ1n) is 9.48. The Hall–Kier alpha value is -1.89. The van der Waals surface area contributed by atoms with Gasteiger partial charge in [-0.15, -0.1) is 23.5 Å². The summed E-state index contributed by atoms with van der Waals surface area (Å²) in [6.07, 6.45) is 4.88. The van der Waals surface area contributed by atoms with Crippen LogP contribution in [0.2, 0.25) is 5.02 Å². The monoisotopic (exact) mass is 443 g/mol. The largest absolute Gasteiger partial charge is 0.338 e. The molecule has 0 aliphatic carbocycles. The molecular weight excluding hydrogens is 422 g/mol. The molecule has 29 heavy (non-hydrogen) atoms. The molecule has 4 nitrogen and oxygen atoms in total. The number of aryl methyl sites for hydroxylation is 1. The highest BCUT2D eigenvalue weighted by Crippen LogP contribution is 2.43. The Balaban J connectivity index is 1.55. The quantitative estimate of drug-likeness (QED) is 0.568. The highest BCUT2D eigenvalue weighted by molar-refractivity contribution is 8.16. The predicted molar refractivity (Wildman–Crippen MR) is 123 cm³/mol. The van der Waals surface area contributed by atoms with Crippen LogP contribution >= 0.6 is 35.1 Å². The molecule has 4 rings (SSSR count). The first-order chi connectivity index (χ1) is 14.1. The number of carbonyl (C=O) groups excluding carboxylic acids is 1. The molecule has 2 aromatic carbocycles. The molecular formula is C22H22ClN3OS2. The number of carbonyl (C=O) groups is 1. The zero-order valence-corrected chi connectivity index (χ0v) is 18.4. The second-order valence-corrected chi connectivity index (χ2v) is 10.1. The second kappa shape index (κ2) is 9.28. The topological polar surface area (TPSA) is 46.9 Å². The molecule has 1 N–H and O–H groups in total. The van der Waals surface area contributed by atoms with E-state index in [1.165, 1.54) is 23.5 Å². The fourth-order valence-electron chi connectivity index (χ4n) is 3.29. The summed E-state index contributed by atoms with van der Waals surface area (Å²) in [5, 5.41) is 3.80. The van der Waals surface area contributed by atoms with Gasteiger partial charge < -0.3 is 9.88 Å². The number of rotatable bonds is 5. The molecule has 150 valence electrons. The summed E-state index contributed by atoms with van der Waals surface area (Å²) in [6.45, 7) is 0. The highest BCUT2D eigenvalue weighted by atomic mass is 35.5. The Labute approximate surface area is 184 Å². The fourth-order valence-corrected chi connectivity index (χ4v) is 6.31. The van der Waals surface area contributed by atoms with Gasteiger partial charge in [-0.2, -0.15) is 0 Å². The maximum absolute atomic E-state index is 13.0. The number of halogens is 1. The summed E-state index contributed by atoms with van der Waals surface area (Å²) in [6, 6.07) is 15.1. The van der Waals surface area contributed by atoms with Crippen molar-refractivity contribution in [2.24, 2.45) is 7.05 Å². The molecule has 7 heteroatoms. The van der Waals surface area contributed by atoms with E-state index in [4.69, 9.17) is 11.6 Å². The lowest BCUT2D eigenvalue weighted by Gasteiger charge is -2.22. The minimum absolute atomic E-state index is 0.122. The van der Waals surface area contributed by atoms with Gasteiger partial charge in [0.2, 0.25) is 0 Å². The van der Waals surface area contributed by atoms with Crippen molar-refractivity contribution < 1.29 is 4.79 Å². The fraction of sp³-hybridized carbons (Fsp3) is 0.273. The zero-order valence-electron chi connectivity index (χ0n) is 16.0. The summed E-state index contributed by atoms with van der Waals surface area (Å²) in [4.78, 5) is 17.5. The van der Waals surface area contributed by atoms with E-state index in [2.05, 4.69) is 22.4 Å². The van der Waals surface area contributed by atoms with Crippen LogP contribution in [0, 0.1) is 0 Å². The average molecular weight is 444 g/mol.